The quantitative estimate of drug-likeness (QED) is 0.176. The molecule has 0 N–H and O–H groups in total. The zero-order chi connectivity index (χ0) is 29.7. The summed E-state index contributed by atoms with van der Waals surface area (Å²) in [4.78, 5) is 2.62. The second kappa shape index (κ2) is 7.98. The predicted octanol–water partition coefficient (Wildman–Crippen LogP) is 9.10. The minimum absolute atomic E-state index is 0.104. The lowest BCUT2D eigenvalue weighted by Gasteiger charge is -2.46. The van der Waals surface area contributed by atoms with E-state index in [1.54, 1.807) is 0 Å². The summed E-state index contributed by atoms with van der Waals surface area (Å²) in [7, 11) is 0. The van der Waals surface area contributed by atoms with Crippen molar-refractivity contribution in [2.24, 2.45) is 0 Å². The van der Waals surface area contributed by atoms with E-state index in [1.165, 1.54) is 99.5 Å². The summed E-state index contributed by atoms with van der Waals surface area (Å²) in [6.45, 7) is 0.104. The smallest absolute Gasteiger partial charge is 0.333 e. The topological polar surface area (TPSA) is 13.1 Å². The largest absolute Gasteiger partial charge is 0.376 e. The number of rotatable bonds is 1. The third-order valence-electron chi connectivity index (χ3n) is 10.8. The van der Waals surface area contributed by atoms with Gasteiger partial charge in [-0.1, -0.05) is 103 Å². The van der Waals surface area contributed by atoms with Crippen LogP contribution < -0.4 is 15.7 Å². The Hall–Kier alpha value is -6.00. The van der Waals surface area contributed by atoms with Gasteiger partial charge in [0.1, 0.15) is 0 Å². The summed E-state index contributed by atoms with van der Waals surface area (Å²) in [5.74, 6) is 0. The average Bonchev–Trinajstić information content (AvgIpc) is 3.64. The Morgan fingerprint density at radius 2 is 1.00 bits per heavy atom. The van der Waals surface area contributed by atoms with E-state index in [0.717, 1.165) is 0 Å². The molecule has 0 radical (unpaired) electrons. The molecular formula is C42H24BN3. The molecule has 2 aromatic heterocycles. The van der Waals surface area contributed by atoms with Crippen molar-refractivity contribution in [3.63, 3.8) is 0 Å². The van der Waals surface area contributed by atoms with Gasteiger partial charge in [0, 0.05) is 55.4 Å². The first-order chi connectivity index (χ1) is 22.9. The highest BCUT2D eigenvalue weighted by Gasteiger charge is 2.47. The van der Waals surface area contributed by atoms with Crippen LogP contribution in [0.3, 0.4) is 0 Å². The molecule has 0 saturated carbocycles. The fraction of sp³-hybridized carbons (Fsp3) is 0. The second-order valence-corrected chi connectivity index (χ2v) is 12.8. The van der Waals surface area contributed by atoms with Crippen molar-refractivity contribution in [3.05, 3.63) is 146 Å². The van der Waals surface area contributed by atoms with Crippen molar-refractivity contribution in [2.45, 2.75) is 0 Å². The van der Waals surface area contributed by atoms with Gasteiger partial charge in [-0.15, -0.1) is 0 Å². The van der Waals surface area contributed by atoms with Crippen LogP contribution in [-0.4, -0.2) is 16.0 Å². The van der Waals surface area contributed by atoms with Gasteiger partial charge in [-0.2, -0.15) is 0 Å². The van der Waals surface area contributed by atoms with E-state index in [1.807, 2.05) is 0 Å². The van der Waals surface area contributed by atoms with Gasteiger partial charge in [-0.05, 0) is 64.5 Å². The Morgan fingerprint density at radius 1 is 0.370 bits per heavy atom. The van der Waals surface area contributed by atoms with Crippen LogP contribution in [0.25, 0.3) is 77.2 Å². The maximum absolute atomic E-state index is 2.63. The molecule has 3 nitrogen and oxygen atoms in total. The van der Waals surface area contributed by atoms with Crippen molar-refractivity contribution in [3.8, 4) is 33.6 Å². The number of benzene rings is 7. The lowest BCUT2D eigenvalue weighted by atomic mass is 9.41. The van der Waals surface area contributed by atoms with Crippen LogP contribution in [-0.2, 0) is 0 Å². The van der Waals surface area contributed by atoms with Gasteiger partial charge in [-0.25, -0.2) is 0 Å². The van der Waals surface area contributed by atoms with E-state index >= 15 is 0 Å². The highest BCUT2D eigenvalue weighted by molar-refractivity contribution is 6.95. The Labute approximate surface area is 265 Å². The van der Waals surface area contributed by atoms with Crippen molar-refractivity contribution < 1.29 is 0 Å². The maximum Gasteiger partial charge on any atom is 0.333 e. The van der Waals surface area contributed by atoms with Crippen LogP contribution >= 0.6 is 0 Å². The Balaban J connectivity index is 1.35. The van der Waals surface area contributed by atoms with Gasteiger partial charge in [0.05, 0.1) is 22.1 Å². The molecular weight excluding hydrogens is 557 g/mol. The molecule has 12 rings (SSSR count). The lowest BCUT2D eigenvalue weighted by Crippen LogP contribution is -2.62. The molecule has 0 amide bonds. The monoisotopic (exact) mass is 581 g/mol. The molecule has 0 fully saturated rings. The first-order valence-electron chi connectivity index (χ1n) is 16.1. The van der Waals surface area contributed by atoms with Crippen LogP contribution in [0.1, 0.15) is 0 Å². The fourth-order valence-electron chi connectivity index (χ4n) is 9.18. The van der Waals surface area contributed by atoms with Crippen LogP contribution in [0.15, 0.2) is 146 Å². The molecule has 5 heterocycles. The first-order valence-corrected chi connectivity index (χ1v) is 16.1. The van der Waals surface area contributed by atoms with Crippen molar-refractivity contribution in [2.75, 3.05) is 4.81 Å². The van der Waals surface area contributed by atoms with E-state index in [0.29, 0.717) is 0 Å². The molecule has 7 aromatic carbocycles. The Morgan fingerprint density at radius 3 is 1.83 bits per heavy atom. The van der Waals surface area contributed by atoms with Crippen LogP contribution in [0.4, 0.5) is 11.4 Å². The molecule has 0 atom stereocenters. The van der Waals surface area contributed by atoms with E-state index in [-0.39, 0.29) is 6.85 Å². The SMILES string of the molecule is c1ccc(-n2c3ccccc3c3c2ccc2c4ccc5c6c4n(c23)-c2cccc3c2B6N(c2ccccc2-3)c2ccccc2-5)cc1. The number of fused-ring (bicyclic) bond motifs is 14. The summed E-state index contributed by atoms with van der Waals surface area (Å²) >= 11 is 0. The molecule has 46 heavy (non-hydrogen) atoms. The summed E-state index contributed by atoms with van der Waals surface area (Å²) in [5.41, 5.74) is 18.2. The first kappa shape index (κ1) is 23.4. The number of nitrogens with zero attached hydrogens (tertiary/aromatic N) is 3. The number of aromatic nitrogens is 2. The molecule has 3 aliphatic rings. The van der Waals surface area contributed by atoms with E-state index in [2.05, 4.69) is 160 Å². The summed E-state index contributed by atoms with van der Waals surface area (Å²) in [5, 5.41) is 5.22. The molecule has 3 aliphatic heterocycles. The number of para-hydroxylation sites is 4. The van der Waals surface area contributed by atoms with Gasteiger partial charge in [0.15, 0.2) is 0 Å². The zero-order valence-corrected chi connectivity index (χ0v) is 24.8. The minimum Gasteiger partial charge on any atom is -0.376 e. The standard InChI is InChI=1S/C42H24BN3/c1-2-11-25(12-3-1)44-33-17-7-6-15-32(33)38-36(44)24-23-30-31-22-21-29-27-14-5-9-19-35(27)46-34-18-8-4-13-26(34)28-16-10-20-37-39(28)43(46)40(29)42(31)45(37)41(30)38/h1-24H. The Bertz CT molecular complexity index is 2820. The van der Waals surface area contributed by atoms with Gasteiger partial charge in [0.25, 0.3) is 0 Å². The second-order valence-electron chi connectivity index (χ2n) is 12.8. The fourth-order valence-corrected chi connectivity index (χ4v) is 9.18. The number of hydrogen-bond acceptors (Lipinski definition) is 1. The molecule has 0 unspecified atom stereocenters. The van der Waals surface area contributed by atoms with Crippen LogP contribution in [0.5, 0.6) is 0 Å². The number of hydrogen-bond donors (Lipinski definition) is 0. The van der Waals surface area contributed by atoms with Crippen LogP contribution in [0, 0.1) is 0 Å². The van der Waals surface area contributed by atoms with Crippen molar-refractivity contribution >= 4 is 72.8 Å². The molecule has 0 spiro atoms. The predicted molar refractivity (Wildman–Crippen MR) is 193 cm³/mol. The highest BCUT2D eigenvalue weighted by Crippen LogP contribution is 2.50. The van der Waals surface area contributed by atoms with E-state index < -0.39 is 0 Å². The third-order valence-corrected chi connectivity index (χ3v) is 10.8. The summed E-state index contributed by atoms with van der Waals surface area (Å²) in [6.07, 6.45) is 0. The molecule has 9 aromatic rings. The Kier molecular flexibility index (Phi) is 4.06. The van der Waals surface area contributed by atoms with E-state index in [9.17, 15) is 0 Å². The van der Waals surface area contributed by atoms with Crippen molar-refractivity contribution in [1.29, 1.82) is 0 Å². The van der Waals surface area contributed by atoms with Gasteiger partial charge in [0.2, 0.25) is 0 Å². The van der Waals surface area contributed by atoms with E-state index in [4.69, 9.17) is 0 Å². The molecule has 0 bridgehead atoms. The van der Waals surface area contributed by atoms with Gasteiger partial charge >= 0.3 is 6.85 Å². The molecule has 4 heteroatoms. The number of anilines is 2. The van der Waals surface area contributed by atoms with Gasteiger partial charge < -0.3 is 13.9 Å². The molecule has 0 saturated heterocycles. The third kappa shape index (κ3) is 2.54. The maximum atomic E-state index is 2.63. The normalized spacial score (nSPS) is 13.6. The lowest BCUT2D eigenvalue weighted by molar-refractivity contribution is 1.17. The molecule has 0 aliphatic carbocycles. The highest BCUT2D eigenvalue weighted by atomic mass is 15.1. The minimum atomic E-state index is 0.104. The average molecular weight is 581 g/mol. The summed E-state index contributed by atoms with van der Waals surface area (Å²) < 4.78 is 5.06. The summed E-state index contributed by atoms with van der Waals surface area (Å²) in [6, 6.07) is 54.1. The van der Waals surface area contributed by atoms with Gasteiger partial charge in [-0.3, -0.25) is 0 Å². The van der Waals surface area contributed by atoms with Crippen molar-refractivity contribution in [1.82, 2.24) is 9.13 Å². The zero-order valence-electron chi connectivity index (χ0n) is 24.8. The van der Waals surface area contributed by atoms with Crippen LogP contribution in [0.2, 0.25) is 0 Å². The molecule has 210 valence electrons.